The summed E-state index contributed by atoms with van der Waals surface area (Å²) in [5.74, 6) is -1.41. The molecule has 2 saturated heterocycles. The van der Waals surface area contributed by atoms with Crippen LogP contribution < -0.4 is 9.80 Å². The lowest BCUT2D eigenvalue weighted by Crippen LogP contribution is -2.68. The molecule has 2 aromatic carbocycles. The van der Waals surface area contributed by atoms with Crippen LogP contribution in [0.4, 0.5) is 24.5 Å². The van der Waals surface area contributed by atoms with E-state index in [-0.39, 0.29) is 5.41 Å². The highest BCUT2D eigenvalue weighted by atomic mass is 35.5. The Balaban J connectivity index is 1.06. The first-order valence-corrected chi connectivity index (χ1v) is 15.4. The highest BCUT2D eigenvalue weighted by Gasteiger charge is 2.69. The summed E-state index contributed by atoms with van der Waals surface area (Å²) < 4.78 is 42.9. The summed E-state index contributed by atoms with van der Waals surface area (Å²) in [5.41, 5.74) is 2.49. The Kier molecular flexibility index (Phi) is 7.12. The zero-order valence-electron chi connectivity index (χ0n) is 23.9. The number of alkyl halides is 3. The summed E-state index contributed by atoms with van der Waals surface area (Å²) in [7, 11) is 0. The van der Waals surface area contributed by atoms with Crippen LogP contribution in [0.1, 0.15) is 60.6 Å². The van der Waals surface area contributed by atoms with Crippen molar-refractivity contribution in [3.05, 3.63) is 64.9 Å². The van der Waals surface area contributed by atoms with Crippen molar-refractivity contribution in [2.24, 2.45) is 5.41 Å². The number of halogens is 4. The van der Waals surface area contributed by atoms with Gasteiger partial charge in [0.05, 0.1) is 12.2 Å². The summed E-state index contributed by atoms with van der Waals surface area (Å²) in [4.78, 5) is 18.6. The Morgan fingerprint density at radius 2 is 1.74 bits per heavy atom. The number of carboxylic acid groups (broad SMARTS) is 1. The second kappa shape index (κ2) is 10.7. The number of hydrogen-bond acceptors (Lipinski definition) is 5. The van der Waals surface area contributed by atoms with E-state index in [2.05, 4.69) is 44.1 Å². The molecule has 7 nitrogen and oxygen atoms in total. The van der Waals surface area contributed by atoms with Crippen LogP contribution in [0.3, 0.4) is 0 Å². The lowest BCUT2D eigenvalue weighted by molar-refractivity contribution is -0.221. The maximum Gasteiger partial charge on any atom is 0.339 e. The first-order valence-electron chi connectivity index (χ1n) is 15.0. The average molecular weight is 614 g/mol. The number of piperazine rings is 1. The van der Waals surface area contributed by atoms with Crippen molar-refractivity contribution in [3.63, 3.8) is 0 Å². The molecule has 11 heteroatoms. The van der Waals surface area contributed by atoms with E-state index >= 15 is 0 Å². The Labute approximate surface area is 253 Å². The van der Waals surface area contributed by atoms with Gasteiger partial charge >= 0.3 is 5.97 Å². The summed E-state index contributed by atoms with van der Waals surface area (Å²) in [6.45, 7) is 5.99. The molecule has 1 atom stereocenters. The number of piperidine rings is 1. The van der Waals surface area contributed by atoms with E-state index in [4.69, 9.17) is 11.6 Å². The van der Waals surface area contributed by atoms with Crippen LogP contribution in [0.25, 0.3) is 11.1 Å². The fourth-order valence-corrected chi connectivity index (χ4v) is 8.11. The maximum absolute atomic E-state index is 13.9. The van der Waals surface area contributed by atoms with Crippen LogP contribution in [0.5, 0.6) is 0 Å². The van der Waals surface area contributed by atoms with Crippen LogP contribution in [-0.4, -0.2) is 77.2 Å². The van der Waals surface area contributed by atoms with Crippen molar-refractivity contribution >= 4 is 28.9 Å². The third-order valence-electron chi connectivity index (χ3n) is 9.86. The minimum Gasteiger partial charge on any atom is -0.478 e. The molecule has 43 heavy (non-hydrogen) atoms. The van der Waals surface area contributed by atoms with Gasteiger partial charge in [0.15, 0.2) is 0 Å². The van der Waals surface area contributed by atoms with Crippen molar-refractivity contribution in [2.75, 3.05) is 55.6 Å². The minimum atomic E-state index is -2.94. The van der Waals surface area contributed by atoms with Gasteiger partial charge < -0.3 is 14.9 Å². The van der Waals surface area contributed by atoms with E-state index in [0.717, 1.165) is 93.7 Å². The van der Waals surface area contributed by atoms with Gasteiger partial charge in [-0.05, 0) is 67.3 Å². The van der Waals surface area contributed by atoms with Crippen molar-refractivity contribution in [1.29, 1.82) is 0 Å². The van der Waals surface area contributed by atoms with Gasteiger partial charge in [0.2, 0.25) is 0 Å². The molecule has 3 aliphatic carbocycles. The Bertz CT molecular complexity index is 1500. The Morgan fingerprint density at radius 3 is 2.40 bits per heavy atom. The summed E-state index contributed by atoms with van der Waals surface area (Å²) in [6, 6.07) is 13.9. The SMILES string of the molecule is O=C(O)c1cnn(C2CCCN(c3cc(Cl)ccc3-c3ccc(N4CCN(CC56CC(F)(C5)C6)CC4)cc3)C2)c1C(F)F. The second-order valence-corrected chi connectivity index (χ2v) is 13.3. The van der Waals surface area contributed by atoms with Crippen molar-refractivity contribution < 1.29 is 23.1 Å². The van der Waals surface area contributed by atoms with Crippen LogP contribution in [-0.2, 0) is 0 Å². The first-order chi connectivity index (χ1) is 20.6. The van der Waals surface area contributed by atoms with Gasteiger partial charge in [-0.2, -0.15) is 5.10 Å². The fourth-order valence-electron chi connectivity index (χ4n) is 7.95. The number of anilines is 2. The number of hydrogen-bond donors (Lipinski definition) is 1. The van der Waals surface area contributed by atoms with Crippen molar-refractivity contribution in [3.8, 4) is 11.1 Å². The van der Waals surface area contributed by atoms with E-state index < -0.39 is 35.4 Å². The van der Waals surface area contributed by atoms with E-state index in [1.807, 2.05) is 18.2 Å². The molecule has 0 amide bonds. The zero-order chi connectivity index (χ0) is 29.9. The van der Waals surface area contributed by atoms with Gasteiger partial charge in [0.1, 0.15) is 16.9 Å². The number of carbonyl (C=O) groups is 1. The topological polar surface area (TPSA) is 64.8 Å². The molecule has 0 radical (unpaired) electrons. The molecular formula is C32H35ClF3N5O2. The largest absolute Gasteiger partial charge is 0.478 e. The van der Waals surface area contributed by atoms with Crippen LogP contribution in [0, 0.1) is 5.41 Å². The smallest absolute Gasteiger partial charge is 0.339 e. The van der Waals surface area contributed by atoms with Crippen LogP contribution >= 0.6 is 11.6 Å². The van der Waals surface area contributed by atoms with E-state index in [1.54, 1.807) is 0 Å². The predicted octanol–water partition coefficient (Wildman–Crippen LogP) is 6.70. The van der Waals surface area contributed by atoms with Gasteiger partial charge in [-0.25, -0.2) is 18.0 Å². The number of benzene rings is 2. The molecule has 1 unspecified atom stereocenters. The summed E-state index contributed by atoms with van der Waals surface area (Å²) in [5, 5.41) is 14.1. The van der Waals surface area contributed by atoms with E-state index in [0.29, 0.717) is 18.0 Å². The van der Waals surface area contributed by atoms with Gasteiger partial charge in [0.25, 0.3) is 6.43 Å². The number of nitrogens with zero attached hydrogens (tertiary/aromatic N) is 5. The third-order valence-corrected chi connectivity index (χ3v) is 10.1. The van der Waals surface area contributed by atoms with Gasteiger partial charge in [-0.15, -0.1) is 0 Å². The van der Waals surface area contributed by atoms with Gasteiger partial charge in [-0.3, -0.25) is 9.58 Å². The molecule has 228 valence electrons. The predicted molar refractivity (Wildman–Crippen MR) is 160 cm³/mol. The molecule has 3 saturated carbocycles. The standard InChI is InChI=1S/C32H35ClF3N5O2/c33-22-5-8-25(27(14-22)40-9-1-2-24(16-40)41-28(29(34)35)26(15-37-41)30(42)43)21-3-6-23(7-4-21)39-12-10-38(11-13-39)20-31-17-32(36,18-31)19-31/h3-8,14-15,24,29H,1-2,9-13,16-20H2,(H,42,43). The zero-order valence-corrected chi connectivity index (χ0v) is 24.6. The van der Waals surface area contributed by atoms with Crippen LogP contribution in [0.15, 0.2) is 48.7 Å². The first kappa shape index (κ1) is 28.5. The lowest BCUT2D eigenvalue weighted by Gasteiger charge is -2.67. The third kappa shape index (κ3) is 5.26. The monoisotopic (exact) mass is 613 g/mol. The summed E-state index contributed by atoms with van der Waals surface area (Å²) in [6.07, 6.45) is 1.68. The maximum atomic E-state index is 13.9. The minimum absolute atomic E-state index is 0.244. The number of aromatic nitrogens is 2. The molecule has 3 aromatic rings. The second-order valence-electron chi connectivity index (χ2n) is 12.9. The number of rotatable bonds is 8. The molecule has 8 rings (SSSR count). The molecular weight excluding hydrogens is 579 g/mol. The molecule has 5 fully saturated rings. The molecule has 2 aliphatic heterocycles. The number of carboxylic acids is 1. The molecule has 2 bridgehead atoms. The quantitative estimate of drug-likeness (QED) is 0.305. The molecule has 0 spiro atoms. The fraction of sp³-hybridized carbons (Fsp3) is 0.500. The Morgan fingerprint density at radius 1 is 1.02 bits per heavy atom. The summed E-state index contributed by atoms with van der Waals surface area (Å²) >= 11 is 6.44. The number of aromatic carboxylic acids is 1. The molecule has 3 heterocycles. The highest BCUT2D eigenvalue weighted by Crippen LogP contribution is 2.69. The highest BCUT2D eigenvalue weighted by molar-refractivity contribution is 6.31. The molecule has 5 aliphatic rings. The normalized spacial score (nSPS) is 27.2. The average Bonchev–Trinajstić information content (AvgIpc) is 3.43. The molecule has 1 aromatic heterocycles. The van der Waals surface area contributed by atoms with Crippen LogP contribution in [0.2, 0.25) is 5.02 Å². The van der Waals surface area contributed by atoms with Crippen molar-refractivity contribution in [2.45, 2.75) is 50.2 Å². The Hall–Kier alpha value is -3.24. The molecule has 1 N–H and O–H groups in total. The van der Waals surface area contributed by atoms with Crippen molar-refractivity contribution in [1.82, 2.24) is 14.7 Å². The van der Waals surface area contributed by atoms with Gasteiger partial charge in [0, 0.05) is 67.8 Å². The van der Waals surface area contributed by atoms with Gasteiger partial charge in [-0.1, -0.05) is 29.8 Å². The van der Waals surface area contributed by atoms with E-state index in [1.165, 1.54) is 4.68 Å². The lowest BCUT2D eigenvalue weighted by atomic mass is 9.42. The van der Waals surface area contributed by atoms with E-state index in [9.17, 15) is 23.1 Å².